The molecule has 1 aromatic carbocycles. The summed E-state index contributed by atoms with van der Waals surface area (Å²) in [6.07, 6.45) is 6.51. The zero-order valence-corrected chi connectivity index (χ0v) is 11.4. The molecule has 1 aromatic rings. The average molecular weight is 259 g/mol. The molecule has 19 heavy (non-hydrogen) atoms. The van der Waals surface area contributed by atoms with Crippen LogP contribution in [0.3, 0.4) is 0 Å². The van der Waals surface area contributed by atoms with E-state index in [-0.39, 0.29) is 0 Å². The molecule has 2 heterocycles. The molecule has 3 nitrogen and oxygen atoms in total. The molecule has 0 radical (unpaired) electrons. The van der Waals surface area contributed by atoms with Gasteiger partial charge in [0.15, 0.2) is 11.5 Å². The van der Waals surface area contributed by atoms with Gasteiger partial charge in [-0.2, -0.15) is 0 Å². The molecule has 3 heteroatoms. The van der Waals surface area contributed by atoms with Crippen LogP contribution in [0.2, 0.25) is 0 Å². The van der Waals surface area contributed by atoms with E-state index in [4.69, 9.17) is 9.47 Å². The Balaban J connectivity index is 1.63. The standard InChI is InChI=1S/C16H21NO2/c1-2-9-17(8-1)10-12-4-3-5-14-13(12)6-7-15-16(14)19-11-18-15/h6-7,12H,1-5,8-11H2. The van der Waals surface area contributed by atoms with Crippen LogP contribution in [0.5, 0.6) is 11.5 Å². The summed E-state index contributed by atoms with van der Waals surface area (Å²) in [5.41, 5.74) is 2.94. The minimum absolute atomic E-state index is 0.391. The Morgan fingerprint density at radius 3 is 2.89 bits per heavy atom. The van der Waals surface area contributed by atoms with E-state index in [9.17, 15) is 0 Å². The molecule has 0 N–H and O–H groups in total. The first kappa shape index (κ1) is 11.6. The maximum atomic E-state index is 5.68. The summed E-state index contributed by atoms with van der Waals surface area (Å²) in [5.74, 6) is 2.67. The predicted molar refractivity (Wildman–Crippen MR) is 73.9 cm³/mol. The quantitative estimate of drug-likeness (QED) is 0.815. The number of likely N-dealkylation sites (tertiary alicyclic amines) is 1. The number of ether oxygens (including phenoxy) is 2. The molecule has 1 aliphatic carbocycles. The monoisotopic (exact) mass is 259 g/mol. The maximum Gasteiger partial charge on any atom is 0.231 e. The number of rotatable bonds is 2. The van der Waals surface area contributed by atoms with Gasteiger partial charge in [0.2, 0.25) is 6.79 Å². The number of nitrogens with zero attached hydrogens (tertiary/aromatic N) is 1. The summed E-state index contributed by atoms with van der Waals surface area (Å²) in [6.45, 7) is 4.20. The van der Waals surface area contributed by atoms with Crippen LogP contribution in [0.15, 0.2) is 12.1 Å². The van der Waals surface area contributed by atoms with Gasteiger partial charge < -0.3 is 14.4 Å². The number of hydrogen-bond acceptors (Lipinski definition) is 3. The lowest BCUT2D eigenvalue weighted by atomic mass is 9.82. The van der Waals surface area contributed by atoms with Crippen molar-refractivity contribution in [3.05, 3.63) is 23.3 Å². The van der Waals surface area contributed by atoms with Gasteiger partial charge in [0, 0.05) is 12.1 Å². The van der Waals surface area contributed by atoms with Crippen LogP contribution >= 0.6 is 0 Å². The lowest BCUT2D eigenvalue weighted by molar-refractivity contribution is 0.173. The van der Waals surface area contributed by atoms with Crippen molar-refractivity contribution in [3.63, 3.8) is 0 Å². The molecule has 102 valence electrons. The largest absolute Gasteiger partial charge is 0.454 e. The third-order valence-electron chi connectivity index (χ3n) is 4.77. The van der Waals surface area contributed by atoms with Crippen LogP contribution in [0.4, 0.5) is 0 Å². The van der Waals surface area contributed by atoms with E-state index >= 15 is 0 Å². The maximum absolute atomic E-state index is 5.68. The zero-order chi connectivity index (χ0) is 12.7. The molecule has 1 atom stereocenters. The van der Waals surface area contributed by atoms with E-state index in [0.717, 1.165) is 17.9 Å². The van der Waals surface area contributed by atoms with Gasteiger partial charge in [0.25, 0.3) is 0 Å². The second-order valence-corrected chi connectivity index (χ2v) is 5.96. The first-order valence-corrected chi connectivity index (χ1v) is 7.55. The normalized spacial score (nSPS) is 25.6. The number of fused-ring (bicyclic) bond motifs is 3. The average Bonchev–Trinajstić information content (AvgIpc) is 3.09. The highest BCUT2D eigenvalue weighted by molar-refractivity contribution is 5.54. The summed E-state index contributed by atoms with van der Waals surface area (Å²) in [5, 5.41) is 0. The Kier molecular flexibility index (Phi) is 2.87. The van der Waals surface area contributed by atoms with E-state index < -0.39 is 0 Å². The van der Waals surface area contributed by atoms with Crippen LogP contribution in [-0.2, 0) is 6.42 Å². The highest BCUT2D eigenvalue weighted by atomic mass is 16.7. The van der Waals surface area contributed by atoms with Crippen molar-refractivity contribution in [1.82, 2.24) is 4.90 Å². The zero-order valence-electron chi connectivity index (χ0n) is 11.4. The van der Waals surface area contributed by atoms with E-state index in [1.807, 2.05) is 0 Å². The molecular formula is C16H21NO2. The summed E-state index contributed by atoms with van der Waals surface area (Å²) in [4.78, 5) is 2.63. The summed E-state index contributed by atoms with van der Waals surface area (Å²) in [7, 11) is 0. The second kappa shape index (κ2) is 4.71. The van der Waals surface area contributed by atoms with Crippen LogP contribution in [0, 0.1) is 0 Å². The van der Waals surface area contributed by atoms with E-state index in [1.54, 1.807) is 0 Å². The fourth-order valence-corrected chi connectivity index (χ4v) is 3.83. The number of benzene rings is 1. The summed E-state index contributed by atoms with van der Waals surface area (Å²) < 4.78 is 11.2. The second-order valence-electron chi connectivity index (χ2n) is 5.96. The third-order valence-corrected chi connectivity index (χ3v) is 4.77. The van der Waals surface area contributed by atoms with Gasteiger partial charge in [-0.05, 0) is 62.7 Å². The smallest absolute Gasteiger partial charge is 0.231 e. The third kappa shape index (κ3) is 2.00. The molecule has 1 saturated heterocycles. The van der Waals surface area contributed by atoms with Crippen LogP contribution in [-0.4, -0.2) is 31.3 Å². The SMILES string of the molecule is c1cc2c(c3c1OCO3)CCCC2CN1CCCC1. The highest BCUT2D eigenvalue weighted by Crippen LogP contribution is 2.44. The van der Waals surface area contributed by atoms with E-state index in [1.165, 1.54) is 56.4 Å². The number of hydrogen-bond donors (Lipinski definition) is 0. The van der Waals surface area contributed by atoms with Crippen molar-refractivity contribution in [2.45, 2.75) is 38.0 Å². The molecule has 1 unspecified atom stereocenters. The van der Waals surface area contributed by atoms with Crippen LogP contribution in [0.1, 0.15) is 42.7 Å². The molecular weight excluding hydrogens is 238 g/mol. The molecule has 3 aliphatic rings. The van der Waals surface area contributed by atoms with Crippen molar-refractivity contribution in [2.75, 3.05) is 26.4 Å². The fourth-order valence-electron chi connectivity index (χ4n) is 3.83. The highest BCUT2D eigenvalue weighted by Gasteiger charge is 2.29. The Bertz CT molecular complexity index is 480. The van der Waals surface area contributed by atoms with Gasteiger partial charge in [0.05, 0.1) is 0 Å². The van der Waals surface area contributed by atoms with Gasteiger partial charge in [0.1, 0.15) is 0 Å². The Hall–Kier alpha value is -1.22. The molecule has 0 spiro atoms. The minimum Gasteiger partial charge on any atom is -0.454 e. The summed E-state index contributed by atoms with van der Waals surface area (Å²) >= 11 is 0. The van der Waals surface area contributed by atoms with Crippen molar-refractivity contribution >= 4 is 0 Å². The minimum atomic E-state index is 0.391. The van der Waals surface area contributed by atoms with Crippen molar-refractivity contribution in [1.29, 1.82) is 0 Å². The Labute approximate surface area is 114 Å². The molecule has 0 bridgehead atoms. The first-order chi connectivity index (χ1) is 9.42. The topological polar surface area (TPSA) is 21.7 Å². The molecule has 4 rings (SSSR count). The van der Waals surface area contributed by atoms with E-state index in [0.29, 0.717) is 12.7 Å². The fraction of sp³-hybridized carbons (Fsp3) is 0.625. The van der Waals surface area contributed by atoms with Crippen molar-refractivity contribution in [3.8, 4) is 11.5 Å². The first-order valence-electron chi connectivity index (χ1n) is 7.55. The van der Waals surface area contributed by atoms with Gasteiger partial charge in [-0.3, -0.25) is 0 Å². The summed E-state index contributed by atoms with van der Waals surface area (Å²) in [6, 6.07) is 4.38. The molecule has 0 aromatic heterocycles. The van der Waals surface area contributed by atoms with Crippen LogP contribution < -0.4 is 9.47 Å². The van der Waals surface area contributed by atoms with Crippen molar-refractivity contribution < 1.29 is 9.47 Å². The van der Waals surface area contributed by atoms with Gasteiger partial charge in [-0.1, -0.05) is 6.07 Å². The van der Waals surface area contributed by atoms with Crippen molar-refractivity contribution in [2.24, 2.45) is 0 Å². The molecule has 0 amide bonds. The van der Waals surface area contributed by atoms with Gasteiger partial charge in [-0.15, -0.1) is 0 Å². The lowest BCUT2D eigenvalue weighted by Gasteiger charge is -2.29. The molecule has 0 saturated carbocycles. The molecule has 2 aliphatic heterocycles. The lowest BCUT2D eigenvalue weighted by Crippen LogP contribution is -2.27. The van der Waals surface area contributed by atoms with Gasteiger partial charge >= 0.3 is 0 Å². The molecule has 1 fully saturated rings. The predicted octanol–water partition coefficient (Wildman–Crippen LogP) is 2.93. The Morgan fingerprint density at radius 2 is 2.00 bits per heavy atom. The van der Waals surface area contributed by atoms with Crippen LogP contribution in [0.25, 0.3) is 0 Å². The van der Waals surface area contributed by atoms with E-state index in [2.05, 4.69) is 17.0 Å². The Morgan fingerprint density at radius 1 is 1.11 bits per heavy atom. The van der Waals surface area contributed by atoms with Gasteiger partial charge in [-0.25, -0.2) is 0 Å².